The molecule has 0 saturated carbocycles. The van der Waals surface area contributed by atoms with Crippen LogP contribution in [0.25, 0.3) is 33.9 Å². The van der Waals surface area contributed by atoms with Crippen molar-refractivity contribution < 1.29 is 33.4 Å². The van der Waals surface area contributed by atoms with Crippen LogP contribution in [0.15, 0.2) is 85.5 Å². The number of pyridine rings is 4. The number of aryl methyl sites for hydroxylation is 1. The van der Waals surface area contributed by atoms with E-state index in [1.807, 2.05) is 60.4 Å². The van der Waals surface area contributed by atoms with Gasteiger partial charge in [-0.2, -0.15) is 0 Å². The van der Waals surface area contributed by atoms with Crippen molar-refractivity contribution in [2.75, 3.05) is 0 Å². The van der Waals surface area contributed by atoms with Gasteiger partial charge in [-0.1, -0.05) is 12.1 Å². The van der Waals surface area contributed by atoms with Crippen LogP contribution in [0.3, 0.4) is 0 Å². The molecular formula is C21H17ClN4O4. The molecule has 0 amide bonds. The average Bonchev–Trinajstić information content (AvgIpc) is 2.74. The Morgan fingerprint density at radius 1 is 0.667 bits per heavy atom. The van der Waals surface area contributed by atoms with Crippen LogP contribution in [-0.4, -0.2) is 15.0 Å². The molecule has 0 radical (unpaired) electrons. The smallest absolute Gasteiger partial charge is 0.169 e. The van der Waals surface area contributed by atoms with Crippen LogP contribution < -0.4 is 23.2 Å². The predicted molar refractivity (Wildman–Crippen MR) is 97.3 cm³/mol. The number of nitrogens with zero attached hydrogens (tertiary/aromatic N) is 4. The zero-order valence-corrected chi connectivity index (χ0v) is 16.6. The van der Waals surface area contributed by atoms with Crippen molar-refractivity contribution in [3.8, 4) is 33.9 Å². The Hall–Kier alpha value is -3.27. The third kappa shape index (κ3) is 6.38. The summed E-state index contributed by atoms with van der Waals surface area (Å²) in [6.07, 6.45) is 7.65. The average molecular weight is 425 g/mol. The first-order valence-corrected chi connectivity index (χ1v) is 9.95. The minimum absolute atomic E-state index is 0.840. The van der Waals surface area contributed by atoms with Gasteiger partial charge in [-0.25, -0.2) is 28.2 Å². The van der Waals surface area contributed by atoms with Crippen molar-refractivity contribution >= 4 is 0 Å². The van der Waals surface area contributed by atoms with E-state index in [2.05, 4.69) is 34.2 Å². The summed E-state index contributed by atoms with van der Waals surface area (Å²) in [7, 11) is -2.94. The normalized spacial score (nSPS) is 10.8. The van der Waals surface area contributed by atoms with Crippen LogP contribution in [0, 0.1) is 10.2 Å². The van der Waals surface area contributed by atoms with Gasteiger partial charge in [-0.05, 0) is 47.5 Å². The Morgan fingerprint density at radius 3 is 1.53 bits per heavy atom. The quantitative estimate of drug-likeness (QED) is 0.382. The molecule has 4 rings (SSSR count). The highest BCUT2D eigenvalue weighted by atomic mass is 35.7. The van der Waals surface area contributed by atoms with Gasteiger partial charge in [-0.3, -0.25) is 9.97 Å². The van der Waals surface area contributed by atoms with E-state index in [0.717, 1.165) is 33.9 Å². The Kier molecular flexibility index (Phi) is 6.78. The molecule has 0 aromatic carbocycles. The topological polar surface area (TPSA) is 135 Å². The maximum absolute atomic E-state index is 8.49. The molecule has 152 valence electrons. The molecule has 0 spiro atoms. The number of aromatic nitrogens is 4. The van der Waals surface area contributed by atoms with Gasteiger partial charge < -0.3 is 0 Å². The lowest BCUT2D eigenvalue weighted by Crippen LogP contribution is -2.68. The lowest BCUT2D eigenvalue weighted by Gasteiger charge is -2.17. The summed E-state index contributed by atoms with van der Waals surface area (Å²) < 4.78 is 36.0. The van der Waals surface area contributed by atoms with Crippen LogP contribution in [-0.2, 0) is 7.05 Å². The second kappa shape index (κ2) is 9.49. The fourth-order valence-electron chi connectivity index (χ4n) is 2.68. The fourth-order valence-corrected chi connectivity index (χ4v) is 2.68. The van der Waals surface area contributed by atoms with Crippen molar-refractivity contribution in [3.05, 3.63) is 85.5 Å². The maximum Gasteiger partial charge on any atom is 0.169 e. The summed E-state index contributed by atoms with van der Waals surface area (Å²) in [5.74, 6) is 0. The largest absolute Gasteiger partial charge is 0.255 e. The Bertz CT molecular complexity index is 1030. The van der Waals surface area contributed by atoms with Gasteiger partial charge >= 0.3 is 0 Å². The van der Waals surface area contributed by atoms with Crippen molar-refractivity contribution in [3.63, 3.8) is 0 Å². The lowest BCUT2D eigenvalue weighted by atomic mass is 10.0. The Morgan fingerprint density at radius 2 is 1.13 bits per heavy atom. The summed E-state index contributed by atoms with van der Waals surface area (Å²) in [5.41, 5.74) is 5.61. The van der Waals surface area contributed by atoms with Crippen LogP contribution in [0.2, 0.25) is 0 Å². The highest BCUT2D eigenvalue weighted by molar-refractivity contribution is 5.74. The fraction of sp³-hybridized carbons (Fsp3) is 0.0476. The van der Waals surface area contributed by atoms with Crippen molar-refractivity contribution in [1.82, 2.24) is 15.0 Å². The number of rotatable bonds is 3. The Balaban J connectivity index is 0.000000461. The molecule has 0 aliphatic carbocycles. The van der Waals surface area contributed by atoms with Gasteiger partial charge in [0.25, 0.3) is 0 Å². The van der Waals surface area contributed by atoms with E-state index in [9.17, 15) is 0 Å². The van der Waals surface area contributed by atoms with Crippen LogP contribution in [0.1, 0.15) is 0 Å². The zero-order chi connectivity index (χ0) is 21.6. The minimum atomic E-state index is -4.94. The zero-order valence-electron chi connectivity index (χ0n) is 15.9. The van der Waals surface area contributed by atoms with E-state index < -0.39 is 10.2 Å². The highest BCUT2D eigenvalue weighted by Crippen LogP contribution is 2.28. The third-order valence-electron chi connectivity index (χ3n) is 3.99. The van der Waals surface area contributed by atoms with E-state index in [0.29, 0.717) is 0 Å². The minimum Gasteiger partial charge on any atom is -0.255 e. The molecule has 0 N–H and O–H groups in total. The molecule has 0 aliphatic rings. The van der Waals surface area contributed by atoms with Gasteiger partial charge in [0.2, 0.25) is 0 Å². The summed E-state index contributed by atoms with van der Waals surface area (Å²) >= 11 is 0. The third-order valence-corrected chi connectivity index (χ3v) is 3.99. The Labute approximate surface area is 175 Å². The molecule has 0 saturated heterocycles. The molecule has 8 nitrogen and oxygen atoms in total. The van der Waals surface area contributed by atoms with Gasteiger partial charge in [0.15, 0.2) is 12.4 Å². The highest BCUT2D eigenvalue weighted by Gasteiger charge is 2.10. The summed E-state index contributed by atoms with van der Waals surface area (Å²) in [6.45, 7) is 0. The molecule has 4 heterocycles. The van der Waals surface area contributed by atoms with Crippen molar-refractivity contribution in [1.29, 1.82) is 0 Å². The molecule has 4 aromatic rings. The SMILES string of the molecule is C[n+]1ccc(-c2cc(-c3ccccn3)nc(-c3ccccn3)c2)cc1.[O-][Cl+3]([O-])([O-])[O-]. The van der Waals surface area contributed by atoms with Gasteiger partial charge in [0.05, 0.1) is 22.8 Å². The van der Waals surface area contributed by atoms with Crippen LogP contribution in [0.5, 0.6) is 0 Å². The predicted octanol–water partition coefficient (Wildman–Crippen LogP) is -1.06. The van der Waals surface area contributed by atoms with E-state index in [4.69, 9.17) is 23.6 Å². The summed E-state index contributed by atoms with van der Waals surface area (Å²) in [5, 5.41) is 0. The summed E-state index contributed by atoms with van der Waals surface area (Å²) in [6, 6.07) is 20.0. The van der Waals surface area contributed by atoms with E-state index in [-0.39, 0.29) is 0 Å². The molecule has 4 aromatic heterocycles. The molecule has 0 unspecified atom stereocenters. The summed E-state index contributed by atoms with van der Waals surface area (Å²) in [4.78, 5) is 13.7. The van der Waals surface area contributed by atoms with Gasteiger partial charge in [-0.15, -0.1) is 10.2 Å². The monoisotopic (exact) mass is 424 g/mol. The number of hydrogen-bond acceptors (Lipinski definition) is 7. The van der Waals surface area contributed by atoms with Gasteiger partial charge in [0, 0.05) is 24.5 Å². The molecule has 9 heteroatoms. The van der Waals surface area contributed by atoms with Crippen molar-refractivity contribution in [2.45, 2.75) is 0 Å². The van der Waals surface area contributed by atoms with Gasteiger partial charge in [0.1, 0.15) is 7.05 Å². The first kappa shape index (κ1) is 21.4. The first-order valence-electron chi connectivity index (χ1n) is 8.72. The van der Waals surface area contributed by atoms with Crippen LogP contribution >= 0.6 is 0 Å². The van der Waals surface area contributed by atoms with E-state index in [1.54, 1.807) is 12.4 Å². The molecule has 30 heavy (non-hydrogen) atoms. The van der Waals surface area contributed by atoms with Crippen molar-refractivity contribution in [2.24, 2.45) is 7.05 Å². The van der Waals surface area contributed by atoms with E-state index in [1.165, 1.54) is 0 Å². The molecule has 0 aliphatic heterocycles. The molecule has 0 atom stereocenters. The first-order chi connectivity index (χ1) is 14.3. The molecule has 0 bridgehead atoms. The maximum atomic E-state index is 8.49. The lowest BCUT2D eigenvalue weighted by molar-refractivity contribution is -2.00. The second-order valence-electron chi connectivity index (χ2n) is 6.19. The molecule has 0 fully saturated rings. The number of hydrogen-bond donors (Lipinski definition) is 0. The van der Waals surface area contributed by atoms with E-state index >= 15 is 0 Å². The van der Waals surface area contributed by atoms with Crippen LogP contribution in [0.4, 0.5) is 0 Å². The number of halogens is 1. The molecular weight excluding hydrogens is 408 g/mol. The second-order valence-corrected chi connectivity index (χ2v) is 6.94. The standard InChI is InChI=1S/C21H17N4.ClHO4/c1-25-12-8-16(9-13-25)17-14-20(18-6-2-4-10-22-18)24-21(15-17)19-7-3-5-11-23-19;2-1(3,4)5/h2-15H,1H3;(H,2,3,4,5)/q+1;/p-1.